The number of ether oxygens (including phenoxy) is 4. The van der Waals surface area contributed by atoms with E-state index >= 15 is 0 Å². The zero-order valence-corrected chi connectivity index (χ0v) is 30.8. The topological polar surface area (TPSA) is 130 Å². The van der Waals surface area contributed by atoms with E-state index in [0.29, 0.717) is 66.4 Å². The average Bonchev–Trinajstić information content (AvgIpc) is 3.89. The summed E-state index contributed by atoms with van der Waals surface area (Å²) < 4.78 is 45.7. The quantitative estimate of drug-likeness (QED) is 0.134. The van der Waals surface area contributed by atoms with E-state index in [4.69, 9.17) is 47.9 Å². The number of benzene rings is 2. The van der Waals surface area contributed by atoms with Crippen LogP contribution in [-0.4, -0.2) is 82.3 Å². The number of pyridine rings is 1. The third-order valence-electron chi connectivity index (χ3n) is 8.01. The van der Waals surface area contributed by atoms with Crippen LogP contribution in [0.5, 0.6) is 17.4 Å². The fourth-order valence-electron chi connectivity index (χ4n) is 5.42. The molecule has 4 rings (SSSR count). The number of amides is 1. The minimum Gasteiger partial charge on any atom is -0.490 e. The summed E-state index contributed by atoms with van der Waals surface area (Å²) in [7, 11) is -1.42. The zero-order valence-electron chi connectivity index (χ0n) is 28.5. The molecule has 0 aliphatic heterocycles. The Kier molecular flexibility index (Phi) is 14.8. The van der Waals surface area contributed by atoms with Gasteiger partial charge in [-0.25, -0.2) is 13.4 Å². The van der Waals surface area contributed by atoms with Crippen LogP contribution in [0.15, 0.2) is 48.5 Å². The van der Waals surface area contributed by atoms with Crippen LogP contribution in [0.4, 0.5) is 0 Å². The van der Waals surface area contributed by atoms with Crippen molar-refractivity contribution in [1.29, 1.82) is 0 Å². The number of sulfone groups is 1. The van der Waals surface area contributed by atoms with Crippen molar-refractivity contribution in [2.75, 3.05) is 52.1 Å². The maximum absolute atomic E-state index is 13.9. The van der Waals surface area contributed by atoms with E-state index in [-0.39, 0.29) is 43.4 Å². The van der Waals surface area contributed by atoms with Crippen LogP contribution in [0.25, 0.3) is 0 Å². The highest BCUT2D eigenvalue weighted by Gasteiger charge is 2.35. The number of halogens is 2. The minimum absolute atomic E-state index is 0.0178. The van der Waals surface area contributed by atoms with Crippen LogP contribution < -0.4 is 19.9 Å². The molecule has 1 fully saturated rings. The Labute approximate surface area is 300 Å². The highest BCUT2D eigenvalue weighted by molar-refractivity contribution is 7.90. The molecule has 1 amide bonds. The maximum atomic E-state index is 13.9. The zero-order chi connectivity index (χ0) is 35.4. The molecule has 1 atom stereocenters. The molecule has 13 heteroatoms. The molecule has 1 aromatic heterocycles. The normalized spacial score (nSPS) is 13.6. The highest BCUT2D eigenvalue weighted by Crippen LogP contribution is 2.34. The van der Waals surface area contributed by atoms with Crippen LogP contribution in [-0.2, 0) is 38.8 Å². The Morgan fingerprint density at radius 2 is 1.65 bits per heavy atom. The highest BCUT2D eigenvalue weighted by atomic mass is 35.5. The number of hydrogen-bond acceptors (Lipinski definition) is 9. The average molecular weight is 737 g/mol. The van der Waals surface area contributed by atoms with Crippen molar-refractivity contribution in [3.63, 3.8) is 0 Å². The lowest BCUT2D eigenvalue weighted by molar-refractivity contribution is -0.136. The lowest BCUT2D eigenvalue weighted by Gasteiger charge is -2.27. The number of nitrogens with zero attached hydrogens (tertiary/aromatic N) is 2. The lowest BCUT2D eigenvalue weighted by atomic mass is 9.97. The van der Waals surface area contributed by atoms with Gasteiger partial charge in [-0.1, -0.05) is 35.3 Å². The van der Waals surface area contributed by atoms with E-state index in [1.807, 2.05) is 48.2 Å². The van der Waals surface area contributed by atoms with Crippen molar-refractivity contribution in [3.8, 4) is 17.4 Å². The number of nitrogens with two attached hydrogens (primary N) is 1. The lowest BCUT2D eigenvalue weighted by Crippen LogP contribution is -2.41. The summed E-state index contributed by atoms with van der Waals surface area (Å²) in [5.41, 5.74) is 9.87. The second-order valence-corrected chi connectivity index (χ2v) is 15.5. The van der Waals surface area contributed by atoms with Gasteiger partial charge in [-0.15, -0.1) is 0 Å². The standard InChI is InChI=1S/C36H47Cl2N3O7S/c1-25-18-32(37)35(33(38)19-25)48-16-15-46-31-11-7-26(8-12-31)20-28(23-39)36(42)41(30-9-10-30)24-27-21-29(6-4-13-45-2)40-34(22-27)47-14-5-17-49(3,43)44/h7-8,11-12,18-19,21-22,28,30H,4-6,9-10,13-17,20,23-24,39H2,1-3H3. The fraction of sp³-hybridized carbons (Fsp3) is 0.500. The molecule has 268 valence electrons. The Morgan fingerprint density at radius 1 is 0.959 bits per heavy atom. The first-order valence-corrected chi connectivity index (χ1v) is 19.4. The number of aromatic nitrogens is 1. The van der Waals surface area contributed by atoms with E-state index in [9.17, 15) is 13.2 Å². The van der Waals surface area contributed by atoms with Gasteiger partial charge in [-0.3, -0.25) is 4.79 Å². The molecule has 2 aromatic carbocycles. The van der Waals surface area contributed by atoms with Crippen LogP contribution in [0, 0.1) is 12.8 Å². The van der Waals surface area contributed by atoms with Crippen LogP contribution in [0.1, 0.15) is 48.1 Å². The van der Waals surface area contributed by atoms with Gasteiger partial charge in [0.1, 0.15) is 28.8 Å². The number of hydrogen-bond donors (Lipinski definition) is 1. The predicted molar refractivity (Wildman–Crippen MR) is 193 cm³/mol. The minimum atomic E-state index is -3.08. The third-order valence-corrected chi connectivity index (χ3v) is 9.60. The Bertz CT molecular complexity index is 1610. The van der Waals surface area contributed by atoms with Gasteiger partial charge in [0.15, 0.2) is 5.75 Å². The number of aryl methyl sites for hydroxylation is 2. The molecule has 1 saturated carbocycles. The van der Waals surface area contributed by atoms with E-state index in [1.54, 1.807) is 19.2 Å². The Hall–Kier alpha value is -3.09. The van der Waals surface area contributed by atoms with Crippen LogP contribution in [0.3, 0.4) is 0 Å². The van der Waals surface area contributed by atoms with Crippen molar-refractivity contribution in [3.05, 3.63) is 81.0 Å². The van der Waals surface area contributed by atoms with Crippen LogP contribution in [0.2, 0.25) is 10.0 Å². The van der Waals surface area contributed by atoms with Crippen LogP contribution >= 0.6 is 23.2 Å². The summed E-state index contributed by atoms with van der Waals surface area (Å²) in [6.45, 7) is 3.94. The first-order chi connectivity index (χ1) is 23.5. The van der Waals surface area contributed by atoms with Gasteiger partial charge in [-0.2, -0.15) is 0 Å². The van der Waals surface area contributed by atoms with Gasteiger partial charge in [-0.05, 0) is 92.5 Å². The molecule has 0 spiro atoms. The van der Waals surface area contributed by atoms with Gasteiger partial charge in [0.2, 0.25) is 11.8 Å². The maximum Gasteiger partial charge on any atom is 0.227 e. The van der Waals surface area contributed by atoms with Gasteiger partial charge in [0.05, 0.1) is 28.3 Å². The fourth-order valence-corrected chi connectivity index (χ4v) is 6.77. The van der Waals surface area contributed by atoms with E-state index < -0.39 is 9.84 Å². The summed E-state index contributed by atoms with van der Waals surface area (Å²) in [4.78, 5) is 20.5. The van der Waals surface area contributed by atoms with Crippen molar-refractivity contribution in [1.82, 2.24) is 9.88 Å². The molecule has 1 aliphatic rings. The molecule has 10 nitrogen and oxygen atoms in total. The molecule has 0 bridgehead atoms. The first-order valence-electron chi connectivity index (χ1n) is 16.6. The number of carbonyl (C=O) groups excluding carboxylic acids is 1. The molecule has 1 aliphatic carbocycles. The van der Waals surface area contributed by atoms with Crippen molar-refractivity contribution in [2.45, 2.75) is 58.0 Å². The summed E-state index contributed by atoms with van der Waals surface area (Å²) >= 11 is 12.5. The largest absolute Gasteiger partial charge is 0.490 e. The Morgan fingerprint density at radius 3 is 2.29 bits per heavy atom. The molecule has 49 heavy (non-hydrogen) atoms. The summed E-state index contributed by atoms with van der Waals surface area (Å²) in [5.74, 6) is 1.21. The SMILES string of the molecule is COCCCc1cc(CN(C(=O)C(CN)Cc2ccc(OCCOc3c(Cl)cc(C)cc3Cl)cc2)C2CC2)cc(OCCCS(C)(=O)=O)n1. The second-order valence-electron chi connectivity index (χ2n) is 12.5. The van der Waals surface area contributed by atoms with Gasteiger partial charge in [0, 0.05) is 50.9 Å². The molecular weight excluding hydrogens is 689 g/mol. The van der Waals surface area contributed by atoms with E-state index in [2.05, 4.69) is 4.98 Å². The van der Waals surface area contributed by atoms with Crippen molar-refractivity contribution in [2.24, 2.45) is 11.7 Å². The predicted octanol–water partition coefficient (Wildman–Crippen LogP) is 5.86. The van der Waals surface area contributed by atoms with Crippen molar-refractivity contribution >= 4 is 38.9 Å². The summed E-state index contributed by atoms with van der Waals surface area (Å²) in [5, 5.41) is 0.916. The third kappa shape index (κ3) is 12.9. The van der Waals surface area contributed by atoms with E-state index in [1.165, 1.54) is 6.26 Å². The monoisotopic (exact) mass is 735 g/mol. The summed E-state index contributed by atoms with van der Waals surface area (Å²) in [6, 6.07) is 15.2. The van der Waals surface area contributed by atoms with E-state index in [0.717, 1.165) is 41.6 Å². The second kappa shape index (κ2) is 18.8. The van der Waals surface area contributed by atoms with Gasteiger partial charge < -0.3 is 29.6 Å². The van der Waals surface area contributed by atoms with Crippen molar-refractivity contribution < 1.29 is 32.2 Å². The Balaban J connectivity index is 1.36. The molecular formula is C36H47Cl2N3O7S. The molecule has 3 aromatic rings. The molecule has 1 heterocycles. The molecule has 1 unspecified atom stereocenters. The number of carbonyl (C=O) groups is 1. The number of methoxy groups -OCH3 is 1. The first kappa shape index (κ1) is 38.7. The molecule has 2 N–H and O–H groups in total. The summed E-state index contributed by atoms with van der Waals surface area (Å²) in [6.07, 6.45) is 5.45. The molecule has 0 radical (unpaired) electrons. The van der Waals surface area contributed by atoms with Gasteiger partial charge >= 0.3 is 0 Å². The van der Waals surface area contributed by atoms with Gasteiger partial charge in [0.25, 0.3) is 0 Å². The number of rotatable bonds is 21. The smallest absolute Gasteiger partial charge is 0.227 e. The molecule has 0 saturated heterocycles.